The fourth-order valence-electron chi connectivity index (χ4n) is 2.91. The molecule has 0 bridgehead atoms. The second-order valence-electron chi connectivity index (χ2n) is 8.30. The van der Waals surface area contributed by atoms with Crippen molar-refractivity contribution in [3.05, 3.63) is 23.0 Å². The number of aromatic nitrogens is 1. The molecule has 0 aliphatic heterocycles. The molecule has 0 unspecified atom stereocenters. The lowest BCUT2D eigenvalue weighted by Gasteiger charge is -2.23. The van der Waals surface area contributed by atoms with E-state index in [-0.39, 0.29) is 19.4 Å². The highest BCUT2D eigenvalue weighted by molar-refractivity contribution is 5.89. The van der Waals surface area contributed by atoms with Crippen molar-refractivity contribution in [2.75, 3.05) is 21.3 Å². The number of esters is 3. The topological polar surface area (TPSA) is 162 Å². The predicted octanol–water partition coefficient (Wildman–Crippen LogP) is 0.908. The molecule has 0 saturated heterocycles. The Hall–Kier alpha value is -3.57. The van der Waals surface area contributed by atoms with E-state index in [2.05, 4.69) is 25.1 Å². The fourth-order valence-corrected chi connectivity index (χ4v) is 2.91. The molecule has 0 spiro atoms. The standard InChI is InChI=1S/C22H33N3O9/c1-22(2,3)34-21(30)25-15(10-19(28)33-6)20(29)24-12-16-14(9-18(27)32-5)13(11-23-16)7-8-17(26)31-4/h11,15,23H,7-10,12H2,1-6H3,(H,24,29)(H,25,30)/t15-/m0/s1. The van der Waals surface area contributed by atoms with Crippen LogP contribution in [0.5, 0.6) is 0 Å². The molecular weight excluding hydrogens is 450 g/mol. The first-order chi connectivity index (χ1) is 15.9. The molecule has 3 N–H and O–H groups in total. The highest BCUT2D eigenvalue weighted by Gasteiger charge is 2.27. The number of aromatic amines is 1. The van der Waals surface area contributed by atoms with Crippen LogP contribution in [0, 0.1) is 0 Å². The van der Waals surface area contributed by atoms with E-state index in [1.165, 1.54) is 21.3 Å². The Balaban J connectivity index is 2.98. The van der Waals surface area contributed by atoms with Crippen LogP contribution < -0.4 is 10.6 Å². The molecule has 1 atom stereocenters. The molecular formula is C22H33N3O9. The number of carbonyl (C=O) groups excluding carboxylic acids is 5. The number of rotatable bonds is 11. The van der Waals surface area contributed by atoms with Gasteiger partial charge in [0, 0.05) is 18.3 Å². The summed E-state index contributed by atoms with van der Waals surface area (Å²) < 4.78 is 19.1. The predicted molar refractivity (Wildman–Crippen MR) is 118 cm³/mol. The molecule has 12 heteroatoms. The minimum Gasteiger partial charge on any atom is -0.469 e. The summed E-state index contributed by atoms with van der Waals surface area (Å²) in [5.41, 5.74) is 0.968. The van der Waals surface area contributed by atoms with E-state index in [1.54, 1.807) is 27.0 Å². The zero-order valence-electron chi connectivity index (χ0n) is 20.4. The number of carbonyl (C=O) groups is 5. The van der Waals surface area contributed by atoms with Gasteiger partial charge in [-0.25, -0.2) is 4.79 Å². The maximum Gasteiger partial charge on any atom is 0.408 e. The normalized spacial score (nSPS) is 11.7. The SMILES string of the molecule is COC(=O)CCc1c[nH]c(CNC(=O)[C@H](CC(=O)OC)NC(=O)OC(C)(C)C)c1CC(=O)OC. The molecule has 1 heterocycles. The molecule has 0 aromatic carbocycles. The van der Waals surface area contributed by atoms with Crippen LogP contribution in [0.25, 0.3) is 0 Å². The van der Waals surface area contributed by atoms with Gasteiger partial charge in [-0.2, -0.15) is 0 Å². The number of hydrogen-bond acceptors (Lipinski definition) is 9. The van der Waals surface area contributed by atoms with E-state index in [4.69, 9.17) is 9.47 Å². The average molecular weight is 484 g/mol. The molecule has 1 aromatic heterocycles. The summed E-state index contributed by atoms with van der Waals surface area (Å²) in [6, 6.07) is -1.25. The van der Waals surface area contributed by atoms with Crippen molar-refractivity contribution >= 4 is 29.9 Å². The number of hydrogen-bond donors (Lipinski definition) is 3. The fraction of sp³-hybridized carbons (Fsp3) is 0.591. The van der Waals surface area contributed by atoms with Crippen molar-refractivity contribution < 1.29 is 42.9 Å². The van der Waals surface area contributed by atoms with Gasteiger partial charge in [-0.05, 0) is 38.3 Å². The molecule has 12 nitrogen and oxygen atoms in total. The molecule has 190 valence electrons. The van der Waals surface area contributed by atoms with Crippen LogP contribution in [0.4, 0.5) is 4.79 Å². The Labute approximate surface area is 198 Å². The third-order valence-corrected chi connectivity index (χ3v) is 4.59. The van der Waals surface area contributed by atoms with Crippen LogP contribution in [0.15, 0.2) is 6.20 Å². The number of H-pyrrole nitrogens is 1. The van der Waals surface area contributed by atoms with Crippen molar-refractivity contribution in [1.82, 2.24) is 15.6 Å². The molecule has 0 radical (unpaired) electrons. The van der Waals surface area contributed by atoms with Gasteiger partial charge in [-0.15, -0.1) is 0 Å². The third-order valence-electron chi connectivity index (χ3n) is 4.59. The van der Waals surface area contributed by atoms with Crippen LogP contribution in [0.3, 0.4) is 0 Å². The largest absolute Gasteiger partial charge is 0.469 e. The summed E-state index contributed by atoms with van der Waals surface area (Å²) in [6.07, 6.45) is 0.695. The van der Waals surface area contributed by atoms with E-state index in [9.17, 15) is 24.0 Å². The number of methoxy groups -OCH3 is 3. The van der Waals surface area contributed by atoms with Gasteiger partial charge >= 0.3 is 24.0 Å². The van der Waals surface area contributed by atoms with Crippen molar-refractivity contribution in [2.24, 2.45) is 0 Å². The smallest absolute Gasteiger partial charge is 0.408 e. The lowest BCUT2D eigenvalue weighted by molar-refractivity contribution is -0.143. The molecule has 1 aromatic rings. The van der Waals surface area contributed by atoms with E-state index < -0.39 is 48.0 Å². The summed E-state index contributed by atoms with van der Waals surface area (Å²) in [7, 11) is 3.70. The zero-order chi connectivity index (χ0) is 25.9. The molecule has 0 aliphatic carbocycles. The van der Waals surface area contributed by atoms with Crippen LogP contribution in [0.1, 0.15) is 50.4 Å². The van der Waals surface area contributed by atoms with Gasteiger partial charge in [0.1, 0.15) is 11.6 Å². The van der Waals surface area contributed by atoms with Gasteiger partial charge in [-0.3, -0.25) is 19.2 Å². The minimum absolute atomic E-state index is 0.0446. The Morgan fingerprint density at radius 1 is 0.971 bits per heavy atom. The van der Waals surface area contributed by atoms with E-state index >= 15 is 0 Å². The molecule has 0 fully saturated rings. The van der Waals surface area contributed by atoms with Crippen molar-refractivity contribution in [3.8, 4) is 0 Å². The van der Waals surface area contributed by atoms with Gasteiger partial charge in [0.15, 0.2) is 0 Å². The Bertz CT molecular complexity index is 887. The van der Waals surface area contributed by atoms with E-state index in [0.717, 1.165) is 0 Å². The van der Waals surface area contributed by atoms with Gasteiger partial charge in [0.25, 0.3) is 0 Å². The van der Waals surface area contributed by atoms with Gasteiger partial charge in [0.2, 0.25) is 5.91 Å². The number of aryl methyl sites for hydroxylation is 1. The summed E-state index contributed by atoms with van der Waals surface area (Å²) >= 11 is 0. The number of ether oxygens (including phenoxy) is 4. The second-order valence-corrected chi connectivity index (χ2v) is 8.30. The molecule has 2 amide bonds. The van der Waals surface area contributed by atoms with Gasteiger partial charge < -0.3 is 34.6 Å². The zero-order valence-corrected chi connectivity index (χ0v) is 20.4. The van der Waals surface area contributed by atoms with Crippen molar-refractivity contribution in [2.45, 2.75) is 64.6 Å². The third kappa shape index (κ3) is 9.92. The van der Waals surface area contributed by atoms with Crippen LogP contribution in [0.2, 0.25) is 0 Å². The average Bonchev–Trinajstić information content (AvgIpc) is 3.14. The lowest BCUT2D eigenvalue weighted by atomic mass is 10.0. The highest BCUT2D eigenvalue weighted by atomic mass is 16.6. The number of amides is 2. The Kier molecular flexibility index (Phi) is 11.1. The highest BCUT2D eigenvalue weighted by Crippen LogP contribution is 2.18. The molecule has 1 rings (SSSR count). The molecule has 0 aliphatic rings. The number of alkyl carbamates (subject to hydrolysis) is 1. The van der Waals surface area contributed by atoms with Crippen molar-refractivity contribution in [1.29, 1.82) is 0 Å². The summed E-state index contributed by atoms with van der Waals surface area (Å²) in [4.78, 5) is 63.0. The summed E-state index contributed by atoms with van der Waals surface area (Å²) in [6.45, 7) is 4.94. The molecule has 0 saturated carbocycles. The molecule has 34 heavy (non-hydrogen) atoms. The number of nitrogens with one attached hydrogen (secondary N) is 3. The first-order valence-corrected chi connectivity index (χ1v) is 10.6. The maximum atomic E-state index is 12.8. The Morgan fingerprint density at radius 2 is 1.59 bits per heavy atom. The van der Waals surface area contributed by atoms with Gasteiger partial charge in [0.05, 0.1) is 40.7 Å². The summed E-state index contributed by atoms with van der Waals surface area (Å²) in [5.74, 6) is -2.26. The van der Waals surface area contributed by atoms with Crippen LogP contribution >= 0.6 is 0 Å². The second kappa shape index (κ2) is 13.2. The Morgan fingerprint density at radius 3 is 2.15 bits per heavy atom. The monoisotopic (exact) mass is 483 g/mol. The van der Waals surface area contributed by atoms with Crippen LogP contribution in [-0.4, -0.2) is 67.9 Å². The van der Waals surface area contributed by atoms with E-state index in [1.807, 2.05) is 0 Å². The first kappa shape index (κ1) is 28.5. The van der Waals surface area contributed by atoms with Gasteiger partial charge in [-0.1, -0.05) is 0 Å². The maximum absolute atomic E-state index is 12.8. The first-order valence-electron chi connectivity index (χ1n) is 10.6. The minimum atomic E-state index is -1.25. The quantitative estimate of drug-likeness (QED) is 0.307. The van der Waals surface area contributed by atoms with Crippen LogP contribution in [-0.2, 0) is 57.5 Å². The van der Waals surface area contributed by atoms with Crippen molar-refractivity contribution in [3.63, 3.8) is 0 Å². The van der Waals surface area contributed by atoms with E-state index in [0.29, 0.717) is 23.2 Å². The lowest BCUT2D eigenvalue weighted by Crippen LogP contribution is -2.49. The summed E-state index contributed by atoms with van der Waals surface area (Å²) in [5, 5.41) is 4.99.